The first-order chi connectivity index (χ1) is 16.2. The van der Waals surface area contributed by atoms with E-state index in [9.17, 15) is 0 Å². The summed E-state index contributed by atoms with van der Waals surface area (Å²) in [6.07, 6.45) is 0.901. The molecule has 3 aromatic carbocycles. The number of anilines is 1. The third-order valence-electron chi connectivity index (χ3n) is 5.44. The van der Waals surface area contributed by atoms with Gasteiger partial charge in [-0.15, -0.1) is 10.2 Å². The van der Waals surface area contributed by atoms with Crippen molar-refractivity contribution in [3.8, 4) is 22.8 Å². The highest BCUT2D eigenvalue weighted by molar-refractivity contribution is 5.66. The minimum atomic E-state index is 0.104. The van der Waals surface area contributed by atoms with Crippen LogP contribution in [0.1, 0.15) is 36.2 Å². The van der Waals surface area contributed by atoms with Crippen molar-refractivity contribution in [2.45, 2.75) is 32.9 Å². The maximum atomic E-state index is 5.99. The van der Waals surface area contributed by atoms with Gasteiger partial charge >= 0.3 is 0 Å². The average Bonchev–Trinajstić information content (AvgIpc) is 2.88. The number of hydrogen-bond donors (Lipinski definition) is 1. The van der Waals surface area contributed by atoms with Gasteiger partial charge in [-0.3, -0.25) is 0 Å². The first-order valence-electron chi connectivity index (χ1n) is 11.1. The van der Waals surface area contributed by atoms with Gasteiger partial charge in [-0.05, 0) is 42.7 Å². The quantitative estimate of drug-likeness (QED) is 0.344. The fourth-order valence-electron chi connectivity index (χ4n) is 3.65. The van der Waals surface area contributed by atoms with Gasteiger partial charge in [0.15, 0.2) is 11.5 Å². The second-order valence-corrected chi connectivity index (χ2v) is 7.73. The van der Waals surface area contributed by atoms with Crippen LogP contribution in [0.3, 0.4) is 0 Å². The molecule has 1 aromatic heterocycles. The summed E-state index contributed by atoms with van der Waals surface area (Å²) in [5, 5.41) is 12.0. The number of rotatable bonds is 9. The monoisotopic (exact) mass is 440 g/mol. The highest BCUT2D eigenvalue weighted by Crippen LogP contribution is 2.33. The molecule has 0 amide bonds. The van der Waals surface area contributed by atoms with Crippen LogP contribution in [-0.2, 0) is 6.61 Å². The molecule has 6 heteroatoms. The molecule has 168 valence electrons. The van der Waals surface area contributed by atoms with Crippen molar-refractivity contribution in [2.75, 3.05) is 12.4 Å². The molecular formula is C27H28N4O2. The Bertz CT molecular complexity index is 1180. The predicted molar refractivity (Wildman–Crippen MR) is 130 cm³/mol. The van der Waals surface area contributed by atoms with Crippen molar-refractivity contribution in [3.05, 3.63) is 95.7 Å². The summed E-state index contributed by atoms with van der Waals surface area (Å²) in [5.74, 6) is 1.82. The molecule has 1 unspecified atom stereocenters. The molecule has 0 aliphatic carbocycles. The van der Waals surface area contributed by atoms with Crippen LogP contribution in [-0.4, -0.2) is 22.3 Å². The topological polar surface area (TPSA) is 69.2 Å². The van der Waals surface area contributed by atoms with Gasteiger partial charge < -0.3 is 14.8 Å². The lowest BCUT2D eigenvalue weighted by atomic mass is 10.1. The van der Waals surface area contributed by atoms with Gasteiger partial charge in [0.05, 0.1) is 24.5 Å². The number of ether oxygens (including phenoxy) is 2. The normalized spacial score (nSPS) is 11.6. The van der Waals surface area contributed by atoms with E-state index in [4.69, 9.17) is 14.5 Å². The van der Waals surface area contributed by atoms with Crippen molar-refractivity contribution in [2.24, 2.45) is 0 Å². The summed E-state index contributed by atoms with van der Waals surface area (Å²) in [4.78, 5) is 4.77. The lowest BCUT2D eigenvalue weighted by Gasteiger charge is -2.18. The zero-order valence-electron chi connectivity index (χ0n) is 19.2. The Morgan fingerprint density at radius 2 is 1.61 bits per heavy atom. The molecule has 4 rings (SSSR count). The van der Waals surface area contributed by atoms with Gasteiger partial charge in [0.25, 0.3) is 0 Å². The van der Waals surface area contributed by atoms with Gasteiger partial charge in [0.2, 0.25) is 5.95 Å². The van der Waals surface area contributed by atoms with E-state index in [2.05, 4.69) is 34.6 Å². The maximum absolute atomic E-state index is 5.99. The van der Waals surface area contributed by atoms with Crippen LogP contribution < -0.4 is 14.8 Å². The minimum absolute atomic E-state index is 0.104. The van der Waals surface area contributed by atoms with Crippen LogP contribution in [0.5, 0.6) is 11.5 Å². The Kier molecular flexibility index (Phi) is 7.15. The molecule has 0 radical (unpaired) electrons. The molecule has 0 aliphatic heterocycles. The Hall–Kier alpha value is -3.93. The molecule has 4 aromatic rings. The number of methoxy groups -OCH3 is 1. The molecule has 0 saturated carbocycles. The van der Waals surface area contributed by atoms with E-state index in [0.29, 0.717) is 24.1 Å². The molecule has 0 bridgehead atoms. The highest BCUT2D eigenvalue weighted by atomic mass is 16.5. The summed E-state index contributed by atoms with van der Waals surface area (Å²) in [5.41, 5.74) is 4.67. The SMILES string of the molecule is CCC(Nc1nnc(C)c(-c2ccc(OCc3ccccc3)c(OC)c2)n1)c1ccccc1. The lowest BCUT2D eigenvalue weighted by Crippen LogP contribution is -2.13. The fraction of sp³-hybridized carbons (Fsp3) is 0.222. The number of aromatic nitrogens is 3. The largest absolute Gasteiger partial charge is 0.493 e. The van der Waals surface area contributed by atoms with Crippen molar-refractivity contribution in [1.29, 1.82) is 0 Å². The molecular weight excluding hydrogens is 412 g/mol. The van der Waals surface area contributed by atoms with Gasteiger partial charge in [-0.25, -0.2) is 4.98 Å². The van der Waals surface area contributed by atoms with Crippen LogP contribution in [0.4, 0.5) is 5.95 Å². The van der Waals surface area contributed by atoms with Gasteiger partial charge in [0.1, 0.15) is 6.61 Å². The molecule has 33 heavy (non-hydrogen) atoms. The van der Waals surface area contributed by atoms with Crippen LogP contribution in [0, 0.1) is 6.92 Å². The van der Waals surface area contributed by atoms with Gasteiger partial charge in [-0.1, -0.05) is 67.6 Å². The van der Waals surface area contributed by atoms with E-state index in [1.807, 2.05) is 73.7 Å². The zero-order chi connectivity index (χ0) is 23.0. The first-order valence-corrected chi connectivity index (χ1v) is 11.1. The predicted octanol–water partition coefficient (Wildman–Crippen LogP) is 6.00. The van der Waals surface area contributed by atoms with Gasteiger partial charge in [0, 0.05) is 5.56 Å². The first kappa shape index (κ1) is 22.3. The van der Waals surface area contributed by atoms with Crippen LogP contribution in [0.2, 0.25) is 0 Å². The number of benzene rings is 3. The second kappa shape index (κ2) is 10.6. The Morgan fingerprint density at radius 3 is 2.30 bits per heavy atom. The highest BCUT2D eigenvalue weighted by Gasteiger charge is 2.15. The maximum Gasteiger partial charge on any atom is 0.243 e. The zero-order valence-corrected chi connectivity index (χ0v) is 19.2. The number of nitrogens with one attached hydrogen (secondary N) is 1. The lowest BCUT2D eigenvalue weighted by molar-refractivity contribution is 0.284. The average molecular weight is 441 g/mol. The number of nitrogens with zero attached hydrogens (tertiary/aromatic N) is 3. The molecule has 6 nitrogen and oxygen atoms in total. The van der Waals surface area contributed by atoms with E-state index in [1.54, 1.807) is 7.11 Å². The standard InChI is InChI=1S/C27H28N4O2/c1-4-23(21-13-9-6-10-14-21)28-27-29-26(19(2)30-31-27)22-15-16-24(25(17-22)32-3)33-18-20-11-7-5-8-12-20/h5-17,23H,4,18H2,1-3H3,(H,28,29,31). The molecule has 0 spiro atoms. The second-order valence-electron chi connectivity index (χ2n) is 7.73. The van der Waals surface area contributed by atoms with Gasteiger partial charge in [-0.2, -0.15) is 0 Å². The minimum Gasteiger partial charge on any atom is -0.493 e. The van der Waals surface area contributed by atoms with E-state index in [1.165, 1.54) is 5.56 Å². The Labute approximate surface area is 194 Å². The molecule has 1 N–H and O–H groups in total. The summed E-state index contributed by atoms with van der Waals surface area (Å²) in [6, 6.07) is 26.2. The summed E-state index contributed by atoms with van der Waals surface area (Å²) in [7, 11) is 1.64. The van der Waals surface area contributed by atoms with Crippen LogP contribution in [0.15, 0.2) is 78.9 Å². The Balaban J connectivity index is 1.56. The van der Waals surface area contributed by atoms with E-state index in [-0.39, 0.29) is 6.04 Å². The molecule has 1 heterocycles. The molecule has 0 saturated heterocycles. The van der Waals surface area contributed by atoms with Crippen molar-refractivity contribution < 1.29 is 9.47 Å². The van der Waals surface area contributed by atoms with E-state index in [0.717, 1.165) is 28.9 Å². The fourth-order valence-corrected chi connectivity index (χ4v) is 3.65. The summed E-state index contributed by atoms with van der Waals surface area (Å²) in [6.45, 7) is 4.50. The molecule has 0 fully saturated rings. The smallest absolute Gasteiger partial charge is 0.243 e. The summed E-state index contributed by atoms with van der Waals surface area (Å²) < 4.78 is 11.6. The Morgan fingerprint density at radius 1 is 0.879 bits per heavy atom. The molecule has 0 aliphatic rings. The third-order valence-corrected chi connectivity index (χ3v) is 5.44. The van der Waals surface area contributed by atoms with E-state index < -0.39 is 0 Å². The van der Waals surface area contributed by atoms with Crippen molar-refractivity contribution in [1.82, 2.24) is 15.2 Å². The summed E-state index contributed by atoms with van der Waals surface area (Å²) >= 11 is 0. The number of aryl methyl sites for hydroxylation is 1. The van der Waals surface area contributed by atoms with E-state index >= 15 is 0 Å². The number of hydrogen-bond acceptors (Lipinski definition) is 6. The molecule has 1 atom stereocenters. The third kappa shape index (κ3) is 5.47. The van der Waals surface area contributed by atoms with Crippen LogP contribution >= 0.6 is 0 Å². The van der Waals surface area contributed by atoms with Crippen LogP contribution in [0.25, 0.3) is 11.3 Å². The van der Waals surface area contributed by atoms with Crippen molar-refractivity contribution >= 4 is 5.95 Å². The van der Waals surface area contributed by atoms with Crippen molar-refractivity contribution in [3.63, 3.8) is 0 Å².